The fraction of sp³-hybridized carbons (Fsp3) is 0.700. The van der Waals surface area contributed by atoms with Crippen molar-refractivity contribution < 1.29 is 4.79 Å². The van der Waals surface area contributed by atoms with E-state index in [1.807, 2.05) is 6.92 Å². The number of rotatable bonds is 6. The third-order valence-electron chi connectivity index (χ3n) is 2.00. The van der Waals surface area contributed by atoms with Crippen molar-refractivity contribution in [1.82, 2.24) is 10.2 Å². The normalized spacial score (nSPS) is 12.6. The first-order valence-corrected chi connectivity index (χ1v) is 4.79. The minimum Gasteiger partial charge on any atom is -0.349 e. The first kappa shape index (κ1) is 12.2. The predicted molar refractivity (Wildman–Crippen MR) is 55.6 cm³/mol. The Morgan fingerprint density at radius 1 is 1.54 bits per heavy atom. The molecule has 0 rings (SSSR count). The molecule has 1 N–H and O–H groups in total. The van der Waals surface area contributed by atoms with Crippen LogP contribution >= 0.6 is 0 Å². The van der Waals surface area contributed by atoms with E-state index in [0.717, 1.165) is 19.6 Å². The van der Waals surface area contributed by atoms with E-state index in [4.69, 9.17) is 0 Å². The van der Waals surface area contributed by atoms with Crippen LogP contribution in [0.4, 0.5) is 0 Å². The van der Waals surface area contributed by atoms with Crippen molar-refractivity contribution in [3.05, 3.63) is 12.7 Å². The van der Waals surface area contributed by atoms with Crippen LogP contribution in [-0.2, 0) is 4.79 Å². The summed E-state index contributed by atoms with van der Waals surface area (Å²) in [7, 11) is 0. The number of carbonyl (C=O) groups is 1. The van der Waals surface area contributed by atoms with Gasteiger partial charge >= 0.3 is 0 Å². The zero-order chi connectivity index (χ0) is 10.3. The molecule has 76 valence electrons. The summed E-state index contributed by atoms with van der Waals surface area (Å²) in [5, 5.41) is 2.83. The van der Waals surface area contributed by atoms with Gasteiger partial charge in [-0.1, -0.05) is 20.4 Å². The Labute approximate surface area is 80.8 Å². The maximum atomic E-state index is 10.9. The highest BCUT2D eigenvalue weighted by atomic mass is 16.1. The largest absolute Gasteiger partial charge is 0.349 e. The van der Waals surface area contributed by atoms with Crippen molar-refractivity contribution in [2.75, 3.05) is 19.6 Å². The predicted octanol–water partition coefficient (Wildman–Crippen LogP) is 1.02. The molecule has 0 aromatic carbocycles. The van der Waals surface area contributed by atoms with E-state index in [1.165, 1.54) is 6.08 Å². The second kappa shape index (κ2) is 6.66. The molecule has 0 aliphatic rings. The van der Waals surface area contributed by atoms with Crippen LogP contribution in [0.3, 0.4) is 0 Å². The van der Waals surface area contributed by atoms with Crippen molar-refractivity contribution in [1.29, 1.82) is 0 Å². The lowest BCUT2D eigenvalue weighted by Crippen LogP contribution is -2.41. The monoisotopic (exact) mass is 184 g/mol. The molecular weight excluding hydrogens is 164 g/mol. The highest BCUT2D eigenvalue weighted by Crippen LogP contribution is 1.91. The quantitative estimate of drug-likeness (QED) is 0.625. The molecule has 0 heterocycles. The minimum absolute atomic E-state index is 0.0975. The molecule has 0 aliphatic carbocycles. The van der Waals surface area contributed by atoms with Gasteiger partial charge in [-0.05, 0) is 26.1 Å². The second-order valence-corrected chi connectivity index (χ2v) is 3.10. The Balaban J connectivity index is 3.77. The summed E-state index contributed by atoms with van der Waals surface area (Å²) in [6.07, 6.45) is 1.30. The zero-order valence-electron chi connectivity index (χ0n) is 8.84. The van der Waals surface area contributed by atoms with Gasteiger partial charge in [0.2, 0.25) is 5.91 Å². The summed E-state index contributed by atoms with van der Waals surface area (Å²) in [5.41, 5.74) is 0. The topological polar surface area (TPSA) is 32.3 Å². The van der Waals surface area contributed by atoms with Crippen molar-refractivity contribution >= 4 is 5.91 Å². The van der Waals surface area contributed by atoms with Crippen LogP contribution in [0.25, 0.3) is 0 Å². The molecule has 3 heteroatoms. The van der Waals surface area contributed by atoms with Crippen molar-refractivity contribution in [3.63, 3.8) is 0 Å². The molecule has 1 unspecified atom stereocenters. The molecule has 0 bridgehead atoms. The molecule has 0 aromatic rings. The Morgan fingerprint density at radius 3 is 2.46 bits per heavy atom. The summed E-state index contributed by atoms with van der Waals surface area (Å²) >= 11 is 0. The van der Waals surface area contributed by atoms with Crippen molar-refractivity contribution in [2.24, 2.45) is 0 Å². The van der Waals surface area contributed by atoms with Gasteiger partial charge in [0, 0.05) is 12.6 Å². The van der Waals surface area contributed by atoms with E-state index in [-0.39, 0.29) is 11.9 Å². The molecule has 0 aromatic heterocycles. The highest BCUT2D eigenvalue weighted by molar-refractivity contribution is 5.87. The van der Waals surface area contributed by atoms with E-state index in [2.05, 4.69) is 30.6 Å². The summed E-state index contributed by atoms with van der Waals surface area (Å²) in [4.78, 5) is 13.2. The van der Waals surface area contributed by atoms with Crippen molar-refractivity contribution in [2.45, 2.75) is 26.8 Å². The Hall–Kier alpha value is -0.830. The van der Waals surface area contributed by atoms with Gasteiger partial charge in [0.05, 0.1) is 0 Å². The van der Waals surface area contributed by atoms with Gasteiger partial charge in [-0.2, -0.15) is 0 Å². The van der Waals surface area contributed by atoms with E-state index < -0.39 is 0 Å². The number of nitrogens with one attached hydrogen (secondary N) is 1. The minimum atomic E-state index is -0.0975. The van der Waals surface area contributed by atoms with Gasteiger partial charge in [-0.15, -0.1) is 0 Å². The average molecular weight is 184 g/mol. The molecular formula is C10H20N2O. The van der Waals surface area contributed by atoms with Gasteiger partial charge in [0.15, 0.2) is 0 Å². The molecule has 3 nitrogen and oxygen atoms in total. The summed E-state index contributed by atoms with van der Waals surface area (Å²) in [6, 6.07) is 0.186. The number of hydrogen-bond acceptors (Lipinski definition) is 2. The Morgan fingerprint density at radius 2 is 2.08 bits per heavy atom. The number of likely N-dealkylation sites (N-methyl/N-ethyl adjacent to an activating group) is 1. The van der Waals surface area contributed by atoms with Crippen LogP contribution in [0.1, 0.15) is 20.8 Å². The molecule has 0 saturated carbocycles. The molecule has 0 spiro atoms. The van der Waals surface area contributed by atoms with E-state index in [9.17, 15) is 4.79 Å². The fourth-order valence-corrected chi connectivity index (χ4v) is 1.22. The molecule has 0 radical (unpaired) electrons. The second-order valence-electron chi connectivity index (χ2n) is 3.10. The summed E-state index contributed by atoms with van der Waals surface area (Å²) in [6.45, 7) is 12.6. The standard InChI is InChI=1S/C10H20N2O/c1-5-10(13)11-9(4)8-12(6-2)7-3/h5,9H,1,6-8H2,2-4H3,(H,11,13). The van der Waals surface area contributed by atoms with Crippen LogP contribution in [-0.4, -0.2) is 36.5 Å². The lowest BCUT2D eigenvalue weighted by Gasteiger charge is -2.22. The number of nitrogens with zero attached hydrogens (tertiary/aromatic N) is 1. The van der Waals surface area contributed by atoms with Crippen LogP contribution in [0, 0.1) is 0 Å². The molecule has 0 fully saturated rings. The Bertz CT molecular complexity index is 164. The van der Waals surface area contributed by atoms with Crippen LogP contribution in [0.2, 0.25) is 0 Å². The summed E-state index contributed by atoms with van der Waals surface area (Å²) in [5.74, 6) is -0.0975. The van der Waals surface area contributed by atoms with Gasteiger partial charge in [-0.25, -0.2) is 0 Å². The lowest BCUT2D eigenvalue weighted by atomic mass is 10.3. The third-order valence-corrected chi connectivity index (χ3v) is 2.00. The molecule has 1 amide bonds. The van der Waals surface area contributed by atoms with Crippen LogP contribution in [0.15, 0.2) is 12.7 Å². The van der Waals surface area contributed by atoms with Crippen molar-refractivity contribution in [3.8, 4) is 0 Å². The van der Waals surface area contributed by atoms with E-state index in [0.29, 0.717) is 0 Å². The number of amides is 1. The highest BCUT2D eigenvalue weighted by Gasteiger charge is 2.07. The average Bonchev–Trinajstić information content (AvgIpc) is 2.13. The van der Waals surface area contributed by atoms with Crippen LogP contribution < -0.4 is 5.32 Å². The zero-order valence-corrected chi connectivity index (χ0v) is 8.84. The SMILES string of the molecule is C=CC(=O)NC(C)CN(CC)CC. The molecule has 0 aliphatic heterocycles. The maximum absolute atomic E-state index is 10.9. The lowest BCUT2D eigenvalue weighted by molar-refractivity contribution is -0.117. The Kier molecular flexibility index (Phi) is 6.24. The van der Waals surface area contributed by atoms with Gasteiger partial charge in [0.25, 0.3) is 0 Å². The van der Waals surface area contributed by atoms with Crippen LogP contribution in [0.5, 0.6) is 0 Å². The van der Waals surface area contributed by atoms with Gasteiger partial charge < -0.3 is 10.2 Å². The molecule has 13 heavy (non-hydrogen) atoms. The van der Waals surface area contributed by atoms with Gasteiger partial charge in [-0.3, -0.25) is 4.79 Å². The first-order chi connectivity index (χ1) is 6.13. The smallest absolute Gasteiger partial charge is 0.243 e. The molecule has 1 atom stereocenters. The summed E-state index contributed by atoms with van der Waals surface area (Å²) < 4.78 is 0. The van der Waals surface area contributed by atoms with E-state index in [1.54, 1.807) is 0 Å². The first-order valence-electron chi connectivity index (χ1n) is 4.79. The number of carbonyl (C=O) groups excluding carboxylic acids is 1. The number of hydrogen-bond donors (Lipinski definition) is 1. The fourth-order valence-electron chi connectivity index (χ4n) is 1.22. The molecule has 0 saturated heterocycles. The maximum Gasteiger partial charge on any atom is 0.243 e. The van der Waals surface area contributed by atoms with Gasteiger partial charge in [0.1, 0.15) is 0 Å². The van der Waals surface area contributed by atoms with E-state index >= 15 is 0 Å². The third kappa shape index (κ3) is 5.42.